The second-order valence-electron chi connectivity index (χ2n) is 18.0. The number of likely N-dealkylation sites (tertiary alicyclic amines) is 2. The maximum Gasteiger partial charge on any atom is 0.407 e. The second kappa shape index (κ2) is 17.7. The van der Waals surface area contributed by atoms with Crippen molar-refractivity contribution >= 4 is 47.2 Å². The van der Waals surface area contributed by atoms with Crippen LogP contribution in [-0.2, 0) is 28.5 Å². The molecule has 10 atom stereocenters. The summed E-state index contributed by atoms with van der Waals surface area (Å²) in [7, 11) is 2.59. The Morgan fingerprint density at radius 3 is 1.39 bits per heavy atom. The zero-order valence-corrected chi connectivity index (χ0v) is 37.2. The molecule has 2 unspecified atom stereocenters. The number of aromatic amines is 2. The molecule has 2 aromatic carbocycles. The lowest BCUT2D eigenvalue weighted by Crippen LogP contribution is -2.54. The minimum atomic E-state index is -0.764. The van der Waals surface area contributed by atoms with Crippen LogP contribution in [0.25, 0.3) is 33.6 Å². The van der Waals surface area contributed by atoms with E-state index in [0.717, 1.165) is 73.6 Å². The number of amides is 4. The van der Waals surface area contributed by atoms with E-state index in [1.807, 2.05) is 58.3 Å². The number of carbonyl (C=O) groups excluding carboxylic acids is 4. The highest BCUT2D eigenvalue weighted by Crippen LogP contribution is 2.55. The lowest BCUT2D eigenvalue weighted by Gasteiger charge is -2.35. The summed E-state index contributed by atoms with van der Waals surface area (Å²) < 4.78 is 21.2. The summed E-state index contributed by atoms with van der Waals surface area (Å²) in [6, 6.07) is 14.0. The van der Waals surface area contributed by atoms with Gasteiger partial charge in [0.1, 0.15) is 45.4 Å². The number of nitrogens with zero attached hydrogens (tertiary/aromatic N) is 4. The number of hydrogen-bond acceptors (Lipinski definition) is 10. The van der Waals surface area contributed by atoms with Gasteiger partial charge in [0.2, 0.25) is 11.8 Å². The summed E-state index contributed by atoms with van der Waals surface area (Å²) in [5.74, 6) is 1.38. The molecular formula is C46H52Cl2N8O8. The van der Waals surface area contributed by atoms with Crippen molar-refractivity contribution in [3.05, 3.63) is 70.5 Å². The van der Waals surface area contributed by atoms with Crippen LogP contribution >= 0.6 is 23.2 Å². The number of halogens is 2. The van der Waals surface area contributed by atoms with E-state index in [2.05, 4.69) is 20.6 Å². The highest BCUT2D eigenvalue weighted by molar-refractivity contribution is 6.32. The number of benzene rings is 2. The number of aromatic nitrogens is 4. The Bertz CT molecular complexity index is 2230. The predicted octanol–water partition coefficient (Wildman–Crippen LogP) is 7.07. The standard InChI is InChI=1S/C46H52Cl2N8O8/c1-61-45(59)51-37(27-5-3-15-63-21-27)43(57)55-31-17-29(31)19-33(55)41-49-35(39(47)53-41)25-11-7-23(8-12-25)24-9-13-26(14-10-24)36-40(48)54-42(50-36)34-20-30-18-32(30)56(34)44(58)38(52-46(60)62-2)28-6-4-16-64-22-28/h7-14,27-34,37-38H,3-6,15-22H2,1-2H3,(H,49,53)(H,50,54)(H,51,59)(H,52,60)/t27-,28-,29+,30+,31+,32+,33-,34-,37?,38?/m0/s1. The molecule has 4 amide bonds. The zero-order chi connectivity index (χ0) is 44.2. The fraction of sp³-hybridized carbons (Fsp3) is 0.522. The average molecular weight is 916 g/mol. The van der Waals surface area contributed by atoms with Crippen molar-refractivity contribution in [1.29, 1.82) is 0 Å². The van der Waals surface area contributed by atoms with E-state index in [1.54, 1.807) is 0 Å². The summed E-state index contributed by atoms with van der Waals surface area (Å²) in [6.45, 7) is 2.07. The molecule has 0 radical (unpaired) electrons. The van der Waals surface area contributed by atoms with Gasteiger partial charge < -0.3 is 49.3 Å². The smallest absolute Gasteiger partial charge is 0.407 e. The van der Waals surface area contributed by atoms with Crippen molar-refractivity contribution < 1.29 is 38.1 Å². The molecular weight excluding hydrogens is 863 g/mol. The van der Waals surface area contributed by atoms with Crippen LogP contribution in [0.15, 0.2) is 48.5 Å². The van der Waals surface area contributed by atoms with Gasteiger partial charge in [-0.05, 0) is 74.3 Å². The van der Waals surface area contributed by atoms with Crippen LogP contribution < -0.4 is 10.6 Å². The molecule has 4 aliphatic heterocycles. The number of hydrogen-bond donors (Lipinski definition) is 4. The molecule has 64 heavy (non-hydrogen) atoms. The van der Waals surface area contributed by atoms with Gasteiger partial charge in [-0.15, -0.1) is 0 Å². The average Bonchev–Trinajstić information content (AvgIpc) is 4.04. The Kier molecular flexibility index (Phi) is 11.8. The fourth-order valence-electron chi connectivity index (χ4n) is 10.6. The first-order chi connectivity index (χ1) is 31.1. The van der Waals surface area contributed by atoms with Gasteiger partial charge in [-0.2, -0.15) is 0 Å². The van der Waals surface area contributed by atoms with Gasteiger partial charge >= 0.3 is 12.2 Å². The van der Waals surface area contributed by atoms with Crippen molar-refractivity contribution in [1.82, 2.24) is 40.4 Å². The lowest BCUT2D eigenvalue weighted by atomic mass is 9.92. The minimum Gasteiger partial charge on any atom is -0.453 e. The first-order valence-electron chi connectivity index (χ1n) is 22.3. The van der Waals surface area contributed by atoms with Gasteiger partial charge in [-0.3, -0.25) is 9.59 Å². The molecule has 6 fully saturated rings. The molecule has 10 rings (SSSR count). The van der Waals surface area contributed by atoms with Gasteiger partial charge in [0.05, 0.1) is 39.5 Å². The molecule has 2 aromatic heterocycles. The van der Waals surface area contributed by atoms with Crippen LogP contribution in [0.4, 0.5) is 9.59 Å². The molecule has 6 heterocycles. The zero-order valence-electron chi connectivity index (χ0n) is 35.7. The highest BCUT2D eigenvalue weighted by atomic mass is 35.5. The van der Waals surface area contributed by atoms with Gasteiger partial charge in [0.25, 0.3) is 0 Å². The maximum absolute atomic E-state index is 14.3. The van der Waals surface area contributed by atoms with Crippen molar-refractivity contribution in [3.8, 4) is 33.6 Å². The van der Waals surface area contributed by atoms with Gasteiger partial charge in [-0.25, -0.2) is 19.6 Å². The lowest BCUT2D eigenvalue weighted by molar-refractivity contribution is -0.139. The number of fused-ring (bicyclic) bond motifs is 2. The van der Waals surface area contributed by atoms with Crippen LogP contribution in [0, 0.1) is 23.7 Å². The van der Waals surface area contributed by atoms with Crippen LogP contribution in [-0.4, -0.2) is 119 Å². The fourth-order valence-corrected chi connectivity index (χ4v) is 11.1. The monoisotopic (exact) mass is 914 g/mol. The molecule has 4 N–H and O–H groups in total. The molecule has 18 heteroatoms. The Labute approximate surface area is 380 Å². The van der Waals surface area contributed by atoms with Crippen LogP contribution in [0.5, 0.6) is 0 Å². The van der Waals surface area contributed by atoms with Crippen LogP contribution in [0.3, 0.4) is 0 Å². The summed E-state index contributed by atoms with van der Waals surface area (Å²) >= 11 is 13.6. The normalized spacial score (nSPS) is 27.8. The number of H-pyrrole nitrogens is 2. The SMILES string of the molecule is COC(=O)NC(C(=O)N1[C@@H]2C[C@@H]2C[C@H]1c1nc(-c2ccc(-c3ccc(-c4nc([C@@H]5C[C@H]6C[C@H]6N5C(=O)C(NC(=O)OC)[C@H]5CCCOC5)[nH]c4Cl)cc3)cc2)c(Cl)[nH]1)[C@H]1CCCOC1. The van der Waals surface area contributed by atoms with E-state index < -0.39 is 24.3 Å². The molecule has 16 nitrogen and oxygen atoms in total. The predicted molar refractivity (Wildman–Crippen MR) is 235 cm³/mol. The van der Waals surface area contributed by atoms with Crippen molar-refractivity contribution in [2.75, 3.05) is 40.6 Å². The first-order valence-corrected chi connectivity index (χ1v) is 23.1. The third kappa shape index (κ3) is 8.22. The third-order valence-corrected chi connectivity index (χ3v) is 14.7. The number of carbonyl (C=O) groups is 4. The summed E-state index contributed by atoms with van der Waals surface area (Å²) in [5.41, 5.74) is 4.81. The van der Waals surface area contributed by atoms with Gasteiger partial charge in [-0.1, -0.05) is 71.7 Å². The molecule has 6 aliphatic rings. The Morgan fingerprint density at radius 2 is 1.03 bits per heavy atom. The number of ether oxygens (including phenoxy) is 4. The number of alkyl carbamates (subject to hydrolysis) is 2. The van der Waals surface area contributed by atoms with Crippen LogP contribution in [0.2, 0.25) is 10.3 Å². The van der Waals surface area contributed by atoms with E-state index in [1.165, 1.54) is 14.2 Å². The Balaban J connectivity index is 0.829. The molecule has 0 bridgehead atoms. The number of imidazole rings is 2. The molecule has 338 valence electrons. The van der Waals surface area contributed by atoms with Crippen molar-refractivity contribution in [2.24, 2.45) is 23.7 Å². The largest absolute Gasteiger partial charge is 0.453 e. The van der Waals surface area contributed by atoms with E-state index in [9.17, 15) is 19.2 Å². The summed E-state index contributed by atoms with van der Waals surface area (Å²) in [6.07, 6.45) is 5.26. The number of rotatable bonds is 11. The minimum absolute atomic E-state index is 0.0881. The van der Waals surface area contributed by atoms with E-state index in [0.29, 0.717) is 71.6 Å². The number of methoxy groups -OCH3 is 2. The number of nitrogens with one attached hydrogen (secondary N) is 4. The van der Waals surface area contributed by atoms with E-state index in [4.69, 9.17) is 52.1 Å². The van der Waals surface area contributed by atoms with Crippen molar-refractivity contribution in [3.63, 3.8) is 0 Å². The van der Waals surface area contributed by atoms with Gasteiger partial charge in [0, 0.05) is 48.3 Å². The first kappa shape index (κ1) is 42.8. The van der Waals surface area contributed by atoms with E-state index in [-0.39, 0.29) is 47.8 Å². The third-order valence-electron chi connectivity index (χ3n) is 14.1. The second-order valence-corrected chi connectivity index (χ2v) is 18.8. The summed E-state index contributed by atoms with van der Waals surface area (Å²) in [5, 5.41) is 6.39. The van der Waals surface area contributed by atoms with E-state index >= 15 is 0 Å². The molecule has 4 saturated heterocycles. The molecule has 2 aliphatic carbocycles. The molecule has 2 saturated carbocycles. The quantitative estimate of drug-likeness (QED) is 0.121. The van der Waals surface area contributed by atoms with Gasteiger partial charge in [0.15, 0.2) is 0 Å². The topological polar surface area (TPSA) is 193 Å². The summed E-state index contributed by atoms with van der Waals surface area (Å²) in [4.78, 5) is 73.5. The maximum atomic E-state index is 14.3. The Hall–Kier alpha value is -5.16. The highest BCUT2D eigenvalue weighted by Gasteiger charge is 2.58. The van der Waals surface area contributed by atoms with Crippen molar-refractivity contribution in [2.45, 2.75) is 87.6 Å². The molecule has 4 aromatic rings. The Morgan fingerprint density at radius 1 is 0.641 bits per heavy atom. The van der Waals surface area contributed by atoms with Crippen LogP contribution in [0.1, 0.15) is 75.1 Å². The number of piperidine rings is 2. The molecule has 0 spiro atoms.